The van der Waals surface area contributed by atoms with E-state index in [0.29, 0.717) is 26.0 Å². The van der Waals surface area contributed by atoms with Crippen molar-refractivity contribution >= 4 is 89.9 Å². The van der Waals surface area contributed by atoms with Gasteiger partial charge in [0.1, 0.15) is 21.7 Å². The molecule has 2 atom stereocenters. The van der Waals surface area contributed by atoms with E-state index in [2.05, 4.69) is 31.9 Å². The monoisotopic (exact) mass is 664 g/mol. The van der Waals surface area contributed by atoms with Gasteiger partial charge in [-0.15, -0.1) is 0 Å². The van der Waals surface area contributed by atoms with Crippen LogP contribution in [-0.2, 0) is 0 Å². The van der Waals surface area contributed by atoms with Crippen molar-refractivity contribution in [3.05, 3.63) is 111 Å². The van der Waals surface area contributed by atoms with Crippen molar-refractivity contribution in [1.82, 2.24) is 0 Å². The highest BCUT2D eigenvalue weighted by Gasteiger charge is 2.41. The summed E-state index contributed by atoms with van der Waals surface area (Å²) in [5.74, 6) is 0.459. The molecule has 9 heteroatoms. The fraction of sp³-hybridized carbons (Fsp3) is 0.0833. The van der Waals surface area contributed by atoms with Gasteiger partial charge in [0.05, 0.1) is 29.6 Å². The van der Waals surface area contributed by atoms with Crippen LogP contribution in [-0.4, -0.2) is 5.11 Å². The molecule has 1 heterocycles. The zero-order chi connectivity index (χ0) is 23.6. The van der Waals surface area contributed by atoms with E-state index in [9.17, 15) is 5.11 Å². The Morgan fingerprint density at radius 2 is 1.42 bits per heavy atom. The molecule has 0 fully saturated rings. The highest BCUT2D eigenvalue weighted by molar-refractivity contribution is 9.11. The summed E-state index contributed by atoms with van der Waals surface area (Å²) in [5.41, 5.74) is 3.34. The summed E-state index contributed by atoms with van der Waals surface area (Å²) < 4.78 is 7.21. The Morgan fingerprint density at radius 1 is 0.818 bits per heavy atom. The van der Waals surface area contributed by atoms with Crippen molar-refractivity contribution in [2.24, 2.45) is 5.92 Å². The summed E-state index contributed by atoms with van der Waals surface area (Å²) in [6.07, 6.45) is 14.1. The average Bonchev–Trinajstić information content (AvgIpc) is 3.35. The fourth-order valence-electron chi connectivity index (χ4n) is 4.20. The Hall–Kier alpha value is -0.850. The molecule has 3 aliphatic rings. The first-order valence-corrected chi connectivity index (χ1v) is 13.1. The predicted octanol–water partition coefficient (Wildman–Crippen LogP) is 10.2. The van der Waals surface area contributed by atoms with Crippen molar-refractivity contribution in [2.45, 2.75) is 5.92 Å². The van der Waals surface area contributed by atoms with Gasteiger partial charge in [-0.2, -0.15) is 0 Å². The van der Waals surface area contributed by atoms with Gasteiger partial charge in [-0.3, -0.25) is 0 Å². The molecule has 168 valence electrons. The number of halogens is 7. The third-order valence-electron chi connectivity index (χ3n) is 5.75. The van der Waals surface area contributed by atoms with Crippen LogP contribution in [0.5, 0.6) is 11.5 Å². The summed E-state index contributed by atoms with van der Waals surface area (Å²) >= 11 is 39.4. The second-order valence-corrected chi connectivity index (χ2v) is 11.1. The number of aromatic hydroxyl groups is 1. The van der Waals surface area contributed by atoms with Gasteiger partial charge in [-0.1, -0.05) is 94.5 Å². The Balaban J connectivity index is 1.81. The molecule has 33 heavy (non-hydrogen) atoms. The number of phenols is 1. The number of allylic oxidation sites excluding steroid dienone is 9. The Kier molecular flexibility index (Phi) is 6.50. The van der Waals surface area contributed by atoms with Gasteiger partial charge in [0.2, 0.25) is 0 Å². The molecule has 1 N–H and O–H groups in total. The maximum absolute atomic E-state index is 10.5. The first kappa shape index (κ1) is 23.9. The lowest BCUT2D eigenvalue weighted by atomic mass is 9.75. The number of rotatable bonds is 1. The molecule has 2 aromatic rings. The van der Waals surface area contributed by atoms with Gasteiger partial charge in [0.25, 0.3) is 0 Å². The third kappa shape index (κ3) is 3.83. The zero-order valence-electron chi connectivity index (χ0n) is 16.3. The highest BCUT2D eigenvalue weighted by Crippen LogP contribution is 2.58. The maximum atomic E-state index is 10.5. The average molecular weight is 668 g/mol. The number of fused-ring (bicyclic) bond motifs is 2. The standard InChI is InChI=1S/C24H11Br2Cl5O2/c25-13-8-12-15(16-18(27)20(29)22(31)21(30)19(16)28)11-6-5-10(9-3-1-2-4-9)7-14(11)33-24(12)17(26)23(13)32/h1-8,11,15,32H. The Labute approximate surface area is 232 Å². The Morgan fingerprint density at radius 3 is 2.06 bits per heavy atom. The smallest absolute Gasteiger partial charge is 0.148 e. The van der Waals surface area contributed by atoms with E-state index in [0.717, 1.165) is 16.7 Å². The molecule has 2 nitrogen and oxygen atoms in total. The van der Waals surface area contributed by atoms with Crippen LogP contribution in [0.2, 0.25) is 25.1 Å². The van der Waals surface area contributed by atoms with Crippen LogP contribution in [0.4, 0.5) is 0 Å². The third-order valence-corrected chi connectivity index (χ3v) is 9.40. The quantitative estimate of drug-likeness (QED) is 0.242. The van der Waals surface area contributed by atoms with E-state index in [1.54, 1.807) is 6.07 Å². The number of hydrogen-bond donors (Lipinski definition) is 1. The summed E-state index contributed by atoms with van der Waals surface area (Å²) in [6, 6.07) is 1.78. The van der Waals surface area contributed by atoms with Crippen LogP contribution in [0.25, 0.3) is 0 Å². The normalized spacial score (nSPS) is 20.6. The molecule has 0 aromatic heterocycles. The summed E-state index contributed by atoms with van der Waals surface area (Å²) in [4.78, 5) is 0. The number of ether oxygens (including phenoxy) is 1. The molecule has 0 bridgehead atoms. The van der Waals surface area contributed by atoms with Crippen LogP contribution in [0.15, 0.2) is 74.4 Å². The molecule has 0 amide bonds. The van der Waals surface area contributed by atoms with E-state index >= 15 is 0 Å². The molecule has 0 spiro atoms. The van der Waals surface area contributed by atoms with Gasteiger partial charge in [0, 0.05) is 23.0 Å². The van der Waals surface area contributed by atoms with Crippen molar-refractivity contribution in [1.29, 1.82) is 0 Å². The topological polar surface area (TPSA) is 29.5 Å². The lowest BCUT2D eigenvalue weighted by molar-refractivity contribution is 0.318. The highest BCUT2D eigenvalue weighted by atomic mass is 79.9. The lowest BCUT2D eigenvalue weighted by Crippen LogP contribution is -2.26. The minimum atomic E-state index is -0.419. The van der Waals surface area contributed by atoms with Crippen molar-refractivity contribution in [3.8, 4) is 11.5 Å². The summed E-state index contributed by atoms with van der Waals surface area (Å²) in [7, 11) is 0. The molecule has 5 rings (SSSR count). The second kappa shape index (κ2) is 8.98. The number of hydrogen-bond acceptors (Lipinski definition) is 2. The van der Waals surface area contributed by atoms with Gasteiger partial charge in [0.15, 0.2) is 0 Å². The zero-order valence-corrected chi connectivity index (χ0v) is 23.2. The van der Waals surface area contributed by atoms with Crippen LogP contribution < -0.4 is 4.74 Å². The van der Waals surface area contributed by atoms with Crippen molar-refractivity contribution < 1.29 is 9.84 Å². The van der Waals surface area contributed by atoms with Crippen LogP contribution in [0.1, 0.15) is 17.0 Å². The molecule has 0 saturated heterocycles. The fourth-order valence-corrected chi connectivity index (χ4v) is 6.83. The van der Waals surface area contributed by atoms with Crippen LogP contribution in [0, 0.1) is 5.92 Å². The predicted molar refractivity (Wildman–Crippen MR) is 143 cm³/mol. The molecule has 2 aliphatic carbocycles. The SMILES string of the molecule is Oc1c(Br)cc2c(c1Br)OC1=CC(=C3C=CC=C3)C=CC1C2c1c(Cl)c(Cl)c(Cl)c(Cl)c1Cl. The van der Waals surface area contributed by atoms with E-state index in [1.807, 2.05) is 42.5 Å². The molecule has 0 radical (unpaired) electrons. The van der Waals surface area contributed by atoms with Crippen LogP contribution >= 0.6 is 89.9 Å². The summed E-state index contributed by atoms with van der Waals surface area (Å²) in [5, 5.41) is 11.3. The molecular weight excluding hydrogens is 657 g/mol. The van der Waals surface area contributed by atoms with Crippen molar-refractivity contribution in [3.63, 3.8) is 0 Å². The lowest BCUT2D eigenvalue weighted by Gasteiger charge is -2.37. The number of benzene rings is 2. The molecular formula is C24H11Br2Cl5O2. The summed E-state index contributed by atoms with van der Waals surface area (Å²) in [6.45, 7) is 0. The minimum Gasteiger partial charge on any atom is -0.505 e. The minimum absolute atomic E-state index is 0.0162. The number of phenolic OH excluding ortho intramolecular Hbond substituents is 1. The molecule has 0 saturated carbocycles. The first-order chi connectivity index (χ1) is 15.7. The largest absolute Gasteiger partial charge is 0.505 e. The van der Waals surface area contributed by atoms with E-state index < -0.39 is 5.92 Å². The second-order valence-electron chi connectivity index (χ2n) is 7.56. The van der Waals surface area contributed by atoms with E-state index in [1.165, 1.54) is 0 Å². The van der Waals surface area contributed by atoms with Gasteiger partial charge < -0.3 is 9.84 Å². The van der Waals surface area contributed by atoms with Gasteiger partial charge >= 0.3 is 0 Å². The van der Waals surface area contributed by atoms with Gasteiger partial charge in [-0.25, -0.2) is 0 Å². The van der Waals surface area contributed by atoms with E-state index in [4.69, 9.17) is 62.7 Å². The first-order valence-electron chi connectivity index (χ1n) is 9.59. The van der Waals surface area contributed by atoms with E-state index in [-0.39, 0.29) is 36.8 Å². The van der Waals surface area contributed by atoms with Crippen molar-refractivity contribution in [2.75, 3.05) is 0 Å². The molecule has 2 aromatic carbocycles. The molecule has 2 unspecified atom stereocenters. The maximum Gasteiger partial charge on any atom is 0.148 e. The van der Waals surface area contributed by atoms with Crippen LogP contribution in [0.3, 0.4) is 0 Å². The Bertz CT molecular complexity index is 1350. The molecule has 1 aliphatic heterocycles. The van der Waals surface area contributed by atoms with Gasteiger partial charge in [-0.05, 0) is 55.1 Å².